The molecule has 0 N–H and O–H groups in total. The standard InChI is InChI=1S/C14H22N2.C2H6.CH4/c1-12-5-7-14(8-6-12)16(2)11-13-4-3-9-15-10-13;1-2;/h3-4,9-10,12,14H,5-8,11H2,1-2H3;1-2H3;1H4. The van der Waals surface area contributed by atoms with E-state index < -0.39 is 0 Å². The van der Waals surface area contributed by atoms with Gasteiger partial charge in [0.2, 0.25) is 0 Å². The largest absolute Gasteiger partial charge is 0.299 e. The Morgan fingerprint density at radius 3 is 2.37 bits per heavy atom. The van der Waals surface area contributed by atoms with Crippen molar-refractivity contribution in [2.75, 3.05) is 7.05 Å². The van der Waals surface area contributed by atoms with Gasteiger partial charge < -0.3 is 0 Å². The summed E-state index contributed by atoms with van der Waals surface area (Å²) in [6.07, 6.45) is 9.31. The molecule has 0 radical (unpaired) electrons. The molecule has 1 fully saturated rings. The maximum absolute atomic E-state index is 4.17. The zero-order valence-corrected chi connectivity index (χ0v) is 12.4. The monoisotopic (exact) mass is 264 g/mol. The van der Waals surface area contributed by atoms with E-state index in [4.69, 9.17) is 0 Å². The molecule has 2 heteroatoms. The van der Waals surface area contributed by atoms with Gasteiger partial charge in [-0.25, -0.2) is 0 Å². The summed E-state index contributed by atoms with van der Waals surface area (Å²) in [6.45, 7) is 7.41. The number of nitrogens with zero attached hydrogens (tertiary/aromatic N) is 2. The van der Waals surface area contributed by atoms with Gasteiger partial charge in [0.25, 0.3) is 0 Å². The molecule has 1 heterocycles. The fraction of sp³-hybridized carbons (Fsp3) is 0.706. The molecule has 0 saturated heterocycles. The summed E-state index contributed by atoms with van der Waals surface area (Å²) in [5.41, 5.74) is 1.32. The van der Waals surface area contributed by atoms with Crippen LogP contribution in [0, 0.1) is 5.92 Å². The van der Waals surface area contributed by atoms with Crippen LogP contribution in [0.2, 0.25) is 0 Å². The Kier molecular flexibility index (Phi) is 9.50. The van der Waals surface area contributed by atoms with Crippen molar-refractivity contribution in [3.63, 3.8) is 0 Å². The highest BCUT2D eigenvalue weighted by molar-refractivity contribution is 5.08. The third kappa shape index (κ3) is 6.20. The van der Waals surface area contributed by atoms with Gasteiger partial charge in [0.15, 0.2) is 0 Å². The van der Waals surface area contributed by atoms with Crippen LogP contribution in [0.4, 0.5) is 0 Å². The third-order valence-electron chi connectivity index (χ3n) is 3.76. The van der Waals surface area contributed by atoms with Gasteiger partial charge in [-0.05, 0) is 50.3 Å². The van der Waals surface area contributed by atoms with Gasteiger partial charge in [0, 0.05) is 25.0 Å². The average molecular weight is 264 g/mol. The Morgan fingerprint density at radius 2 is 1.84 bits per heavy atom. The van der Waals surface area contributed by atoms with Crippen LogP contribution in [0.3, 0.4) is 0 Å². The summed E-state index contributed by atoms with van der Waals surface area (Å²) in [6, 6.07) is 4.96. The zero-order valence-electron chi connectivity index (χ0n) is 12.4. The molecule has 19 heavy (non-hydrogen) atoms. The molecule has 0 spiro atoms. The van der Waals surface area contributed by atoms with Crippen molar-refractivity contribution in [2.24, 2.45) is 5.92 Å². The van der Waals surface area contributed by atoms with Crippen LogP contribution < -0.4 is 0 Å². The molecule has 0 atom stereocenters. The smallest absolute Gasteiger partial charge is 0.0312 e. The van der Waals surface area contributed by atoms with Crippen LogP contribution in [0.25, 0.3) is 0 Å². The van der Waals surface area contributed by atoms with Crippen molar-refractivity contribution in [1.82, 2.24) is 9.88 Å². The minimum Gasteiger partial charge on any atom is -0.299 e. The quantitative estimate of drug-likeness (QED) is 0.783. The van der Waals surface area contributed by atoms with Crippen molar-refractivity contribution < 1.29 is 0 Å². The van der Waals surface area contributed by atoms with Crippen LogP contribution in [-0.2, 0) is 6.54 Å². The molecule has 110 valence electrons. The van der Waals surface area contributed by atoms with Crippen LogP contribution >= 0.6 is 0 Å². The normalized spacial score (nSPS) is 22.2. The lowest BCUT2D eigenvalue weighted by Gasteiger charge is -2.33. The molecule has 1 saturated carbocycles. The molecule has 0 unspecified atom stereocenters. The number of pyridine rings is 1. The summed E-state index contributed by atoms with van der Waals surface area (Å²) >= 11 is 0. The lowest BCUT2D eigenvalue weighted by Crippen LogP contribution is -2.34. The van der Waals surface area contributed by atoms with Crippen molar-refractivity contribution in [3.8, 4) is 0 Å². The van der Waals surface area contributed by atoms with E-state index in [1.54, 1.807) is 0 Å². The van der Waals surface area contributed by atoms with Crippen LogP contribution in [0.5, 0.6) is 0 Å². The molecule has 0 aliphatic heterocycles. The zero-order chi connectivity index (χ0) is 13.4. The summed E-state index contributed by atoms with van der Waals surface area (Å²) in [7, 11) is 2.24. The van der Waals surface area contributed by atoms with Gasteiger partial charge in [-0.15, -0.1) is 0 Å². The predicted octanol–water partition coefficient (Wildman–Crippen LogP) is 4.75. The molecule has 0 bridgehead atoms. The van der Waals surface area contributed by atoms with E-state index in [1.807, 2.05) is 32.3 Å². The minimum absolute atomic E-state index is 0. The second kappa shape index (κ2) is 9.96. The topological polar surface area (TPSA) is 16.1 Å². The Balaban J connectivity index is 0.00000103. The van der Waals surface area contributed by atoms with Crippen molar-refractivity contribution in [2.45, 2.75) is 66.5 Å². The lowest BCUT2D eigenvalue weighted by atomic mass is 9.86. The molecule has 1 aromatic rings. The maximum atomic E-state index is 4.17. The molecule has 2 nitrogen and oxygen atoms in total. The molecular weight excluding hydrogens is 232 g/mol. The van der Waals surface area contributed by atoms with Crippen molar-refractivity contribution >= 4 is 0 Å². The first kappa shape index (κ1) is 18.1. The van der Waals surface area contributed by atoms with E-state index in [0.29, 0.717) is 0 Å². The fourth-order valence-corrected chi connectivity index (χ4v) is 2.59. The van der Waals surface area contributed by atoms with E-state index in [2.05, 4.69) is 29.9 Å². The van der Waals surface area contributed by atoms with Crippen molar-refractivity contribution in [3.05, 3.63) is 30.1 Å². The first-order valence-corrected chi connectivity index (χ1v) is 7.35. The number of hydrogen-bond acceptors (Lipinski definition) is 2. The molecular formula is C17H32N2. The second-order valence-corrected chi connectivity index (χ2v) is 5.19. The van der Waals surface area contributed by atoms with Gasteiger partial charge in [0.05, 0.1) is 0 Å². The first-order valence-electron chi connectivity index (χ1n) is 7.35. The maximum Gasteiger partial charge on any atom is 0.0312 e. The SMILES string of the molecule is C.CC.CC1CCC(N(C)Cc2cccnc2)CC1. The molecule has 1 aliphatic rings. The first-order chi connectivity index (χ1) is 8.75. The molecule has 0 amide bonds. The molecule has 2 rings (SSSR count). The van der Waals surface area contributed by atoms with Crippen LogP contribution in [-0.4, -0.2) is 23.0 Å². The number of aromatic nitrogens is 1. The molecule has 1 aromatic heterocycles. The Bertz CT molecular complexity index is 302. The third-order valence-corrected chi connectivity index (χ3v) is 3.76. The van der Waals surface area contributed by atoms with Crippen LogP contribution in [0.1, 0.15) is 59.4 Å². The highest BCUT2D eigenvalue weighted by Crippen LogP contribution is 2.27. The summed E-state index contributed by atoms with van der Waals surface area (Å²) < 4.78 is 0. The van der Waals surface area contributed by atoms with E-state index in [-0.39, 0.29) is 7.43 Å². The summed E-state index contributed by atoms with van der Waals surface area (Å²) in [5.74, 6) is 0.933. The van der Waals surface area contributed by atoms with Gasteiger partial charge in [-0.2, -0.15) is 0 Å². The van der Waals surface area contributed by atoms with Gasteiger partial charge in [-0.3, -0.25) is 9.88 Å². The van der Waals surface area contributed by atoms with Crippen LogP contribution in [0.15, 0.2) is 24.5 Å². The van der Waals surface area contributed by atoms with E-state index in [9.17, 15) is 0 Å². The highest BCUT2D eigenvalue weighted by Gasteiger charge is 2.21. The number of hydrogen-bond donors (Lipinski definition) is 0. The van der Waals surface area contributed by atoms with Gasteiger partial charge in [0.1, 0.15) is 0 Å². The van der Waals surface area contributed by atoms with E-state index in [1.165, 1.54) is 31.2 Å². The van der Waals surface area contributed by atoms with Gasteiger partial charge >= 0.3 is 0 Å². The van der Waals surface area contributed by atoms with Gasteiger partial charge in [-0.1, -0.05) is 34.3 Å². The predicted molar refractivity (Wildman–Crippen MR) is 85.2 cm³/mol. The average Bonchev–Trinajstić information content (AvgIpc) is 2.43. The lowest BCUT2D eigenvalue weighted by molar-refractivity contribution is 0.164. The van der Waals surface area contributed by atoms with E-state index in [0.717, 1.165) is 18.5 Å². The Morgan fingerprint density at radius 1 is 1.21 bits per heavy atom. The number of rotatable bonds is 3. The fourth-order valence-electron chi connectivity index (χ4n) is 2.59. The van der Waals surface area contributed by atoms with Crippen molar-refractivity contribution in [1.29, 1.82) is 0 Å². The van der Waals surface area contributed by atoms with E-state index >= 15 is 0 Å². The molecule has 0 aromatic carbocycles. The Hall–Kier alpha value is -0.890. The summed E-state index contributed by atoms with van der Waals surface area (Å²) in [5, 5.41) is 0. The second-order valence-electron chi connectivity index (χ2n) is 5.19. The molecule has 1 aliphatic carbocycles. The Labute approximate surface area is 120 Å². The highest BCUT2D eigenvalue weighted by atomic mass is 15.1. The minimum atomic E-state index is 0. The summed E-state index contributed by atoms with van der Waals surface area (Å²) in [4.78, 5) is 6.66.